The number of nitrogens with one attached hydrogen (secondary N) is 2. The number of likely N-dealkylation sites (N-methyl/N-ethyl adjacent to an activating group) is 1. The van der Waals surface area contributed by atoms with Crippen molar-refractivity contribution in [1.82, 2.24) is 20.5 Å². The van der Waals surface area contributed by atoms with Crippen LogP contribution >= 0.6 is 11.3 Å². The molecule has 1 aliphatic carbocycles. The maximum atomic E-state index is 5.09. The smallest absolute Gasteiger partial charge is 0.191 e. The molecule has 26 heavy (non-hydrogen) atoms. The summed E-state index contributed by atoms with van der Waals surface area (Å²) in [5.41, 5.74) is 1.37. The molecule has 0 aliphatic heterocycles. The molecule has 0 fully saturated rings. The molecule has 0 bridgehead atoms. The number of rotatable bonds is 11. The second kappa shape index (κ2) is 12.3. The molecule has 6 nitrogen and oxygen atoms in total. The Hall–Kier alpha value is -1.18. The Bertz CT molecular complexity index is 523. The molecule has 1 heterocycles. The molecule has 0 saturated heterocycles. The number of thiazole rings is 1. The number of methoxy groups -OCH3 is 1. The highest BCUT2D eigenvalue weighted by Crippen LogP contribution is 2.27. The molecule has 0 saturated carbocycles. The molecule has 2 rings (SSSR count). The molecule has 7 heteroatoms. The first-order chi connectivity index (χ1) is 12.7. The van der Waals surface area contributed by atoms with E-state index in [9.17, 15) is 0 Å². The molecule has 0 radical (unpaired) electrons. The van der Waals surface area contributed by atoms with Crippen LogP contribution in [0.3, 0.4) is 0 Å². The van der Waals surface area contributed by atoms with Gasteiger partial charge in [-0.15, -0.1) is 11.3 Å². The topological polar surface area (TPSA) is 61.8 Å². The summed E-state index contributed by atoms with van der Waals surface area (Å²) in [6, 6.07) is 0. The lowest BCUT2D eigenvalue weighted by Gasteiger charge is -2.18. The summed E-state index contributed by atoms with van der Waals surface area (Å²) in [6.45, 7) is 4.69. The van der Waals surface area contributed by atoms with Gasteiger partial charge in [-0.05, 0) is 45.6 Å². The van der Waals surface area contributed by atoms with Crippen LogP contribution in [0.2, 0.25) is 0 Å². The van der Waals surface area contributed by atoms with E-state index < -0.39 is 0 Å². The number of hydrogen-bond donors (Lipinski definition) is 2. The normalized spacial score (nSPS) is 14.5. The Labute approximate surface area is 162 Å². The van der Waals surface area contributed by atoms with Gasteiger partial charge in [0, 0.05) is 58.2 Å². The summed E-state index contributed by atoms with van der Waals surface area (Å²) < 4.78 is 5.09. The summed E-state index contributed by atoms with van der Waals surface area (Å²) in [7, 11) is 5.72. The highest BCUT2D eigenvalue weighted by molar-refractivity contribution is 7.11. The molecular formula is C19H35N5OS. The molecule has 2 N–H and O–H groups in total. The van der Waals surface area contributed by atoms with Crippen molar-refractivity contribution in [1.29, 1.82) is 0 Å². The fraction of sp³-hybridized carbons (Fsp3) is 0.789. The predicted octanol–water partition coefficient (Wildman–Crippen LogP) is 2.09. The second-order valence-electron chi connectivity index (χ2n) is 6.86. The molecular weight excluding hydrogens is 346 g/mol. The molecule has 148 valence electrons. The van der Waals surface area contributed by atoms with E-state index in [-0.39, 0.29) is 0 Å². The van der Waals surface area contributed by atoms with Gasteiger partial charge in [0.15, 0.2) is 5.96 Å². The first kappa shape index (κ1) is 21.1. The highest BCUT2D eigenvalue weighted by Gasteiger charge is 2.14. The van der Waals surface area contributed by atoms with E-state index >= 15 is 0 Å². The summed E-state index contributed by atoms with van der Waals surface area (Å²) in [5, 5.41) is 8.09. The first-order valence-corrected chi connectivity index (χ1v) is 10.6. The number of aromatic nitrogens is 1. The van der Waals surface area contributed by atoms with Crippen molar-refractivity contribution in [2.75, 3.05) is 54.0 Å². The van der Waals surface area contributed by atoms with Crippen LogP contribution in [0.5, 0.6) is 0 Å². The summed E-state index contributed by atoms with van der Waals surface area (Å²) in [6.07, 6.45) is 8.28. The number of hydrogen-bond acceptors (Lipinski definition) is 5. The van der Waals surface area contributed by atoms with E-state index in [0.717, 1.165) is 58.0 Å². The maximum absolute atomic E-state index is 5.09. The van der Waals surface area contributed by atoms with Crippen LogP contribution < -0.4 is 10.6 Å². The van der Waals surface area contributed by atoms with Crippen molar-refractivity contribution in [3.63, 3.8) is 0 Å². The van der Waals surface area contributed by atoms with Crippen molar-refractivity contribution >= 4 is 17.3 Å². The van der Waals surface area contributed by atoms with Gasteiger partial charge in [-0.2, -0.15) is 0 Å². The Morgan fingerprint density at radius 1 is 1.19 bits per heavy atom. The lowest BCUT2D eigenvalue weighted by atomic mass is 10.0. The van der Waals surface area contributed by atoms with Gasteiger partial charge < -0.3 is 20.3 Å². The first-order valence-electron chi connectivity index (χ1n) is 9.82. The average molecular weight is 382 g/mol. The number of aryl methyl sites for hydroxylation is 3. The molecule has 1 aromatic rings. The minimum atomic E-state index is 0.822. The standard InChI is InChI=1S/C19H35N5OS/c1-20-19(22-12-14-24(2)13-7-15-25-3)21-11-6-10-18-23-16-8-4-5-9-17(16)26-18/h4-15H2,1-3H3,(H2,20,21,22). The maximum Gasteiger partial charge on any atom is 0.191 e. The van der Waals surface area contributed by atoms with Gasteiger partial charge in [0.1, 0.15) is 0 Å². The summed E-state index contributed by atoms with van der Waals surface area (Å²) in [4.78, 5) is 13.0. The molecule has 1 aromatic heterocycles. The second-order valence-corrected chi connectivity index (χ2v) is 8.03. The SMILES string of the molecule is CN=C(NCCCc1nc2c(s1)CCCC2)NCCN(C)CCCOC. The van der Waals surface area contributed by atoms with Gasteiger partial charge in [0.05, 0.1) is 10.7 Å². The van der Waals surface area contributed by atoms with Gasteiger partial charge in [-0.25, -0.2) is 4.98 Å². The van der Waals surface area contributed by atoms with E-state index in [1.165, 1.54) is 41.3 Å². The minimum Gasteiger partial charge on any atom is -0.385 e. The van der Waals surface area contributed by atoms with E-state index in [4.69, 9.17) is 9.72 Å². The van der Waals surface area contributed by atoms with Gasteiger partial charge in [-0.3, -0.25) is 4.99 Å². The van der Waals surface area contributed by atoms with Crippen molar-refractivity contribution in [2.24, 2.45) is 4.99 Å². The minimum absolute atomic E-state index is 0.822. The lowest BCUT2D eigenvalue weighted by Crippen LogP contribution is -2.41. The number of fused-ring (bicyclic) bond motifs is 1. The van der Waals surface area contributed by atoms with E-state index in [1.807, 2.05) is 18.4 Å². The Morgan fingerprint density at radius 2 is 2.00 bits per heavy atom. The number of aliphatic imine (C=N–C) groups is 1. The molecule has 0 unspecified atom stereocenters. The van der Waals surface area contributed by atoms with Crippen LogP contribution in [-0.4, -0.2) is 69.8 Å². The molecule has 1 aliphatic rings. The van der Waals surface area contributed by atoms with Crippen molar-refractivity contribution in [2.45, 2.75) is 44.9 Å². The van der Waals surface area contributed by atoms with Gasteiger partial charge >= 0.3 is 0 Å². The predicted molar refractivity (Wildman–Crippen MR) is 110 cm³/mol. The third-order valence-corrected chi connectivity index (χ3v) is 5.86. The van der Waals surface area contributed by atoms with Gasteiger partial charge in [0.2, 0.25) is 0 Å². The number of guanidine groups is 1. The van der Waals surface area contributed by atoms with E-state index in [2.05, 4.69) is 27.6 Å². The van der Waals surface area contributed by atoms with E-state index in [0.29, 0.717) is 0 Å². The molecule has 0 aromatic carbocycles. The van der Waals surface area contributed by atoms with E-state index in [1.54, 1.807) is 7.11 Å². The molecule has 0 amide bonds. The Balaban J connectivity index is 1.56. The summed E-state index contributed by atoms with van der Waals surface area (Å²) >= 11 is 1.93. The van der Waals surface area contributed by atoms with Crippen LogP contribution in [0, 0.1) is 0 Å². The van der Waals surface area contributed by atoms with Crippen LogP contribution in [0.25, 0.3) is 0 Å². The Kier molecular flexibility index (Phi) is 9.95. The van der Waals surface area contributed by atoms with Crippen LogP contribution in [0.4, 0.5) is 0 Å². The van der Waals surface area contributed by atoms with Gasteiger partial charge in [-0.1, -0.05) is 0 Å². The monoisotopic (exact) mass is 381 g/mol. The van der Waals surface area contributed by atoms with Crippen LogP contribution in [-0.2, 0) is 24.0 Å². The van der Waals surface area contributed by atoms with Crippen LogP contribution in [0.15, 0.2) is 4.99 Å². The quantitative estimate of drug-likeness (QED) is 0.349. The average Bonchev–Trinajstić information content (AvgIpc) is 3.06. The lowest BCUT2D eigenvalue weighted by molar-refractivity contribution is 0.180. The fourth-order valence-corrected chi connectivity index (χ4v) is 4.33. The zero-order chi connectivity index (χ0) is 18.6. The summed E-state index contributed by atoms with van der Waals surface area (Å²) in [5.74, 6) is 0.883. The largest absolute Gasteiger partial charge is 0.385 e. The zero-order valence-electron chi connectivity index (χ0n) is 16.6. The van der Waals surface area contributed by atoms with Crippen molar-refractivity contribution < 1.29 is 4.74 Å². The highest BCUT2D eigenvalue weighted by atomic mass is 32.1. The third-order valence-electron chi connectivity index (χ3n) is 4.65. The van der Waals surface area contributed by atoms with Crippen molar-refractivity contribution in [3.8, 4) is 0 Å². The third kappa shape index (κ3) is 7.60. The number of ether oxygens (including phenoxy) is 1. The zero-order valence-corrected chi connectivity index (χ0v) is 17.5. The van der Waals surface area contributed by atoms with Crippen LogP contribution in [0.1, 0.15) is 41.3 Å². The fourth-order valence-electron chi connectivity index (χ4n) is 3.14. The molecule has 0 spiro atoms. The van der Waals surface area contributed by atoms with Crippen molar-refractivity contribution in [3.05, 3.63) is 15.6 Å². The van der Waals surface area contributed by atoms with Gasteiger partial charge in [0.25, 0.3) is 0 Å². The molecule has 0 atom stereocenters. The Morgan fingerprint density at radius 3 is 2.77 bits per heavy atom. The number of nitrogens with zero attached hydrogens (tertiary/aromatic N) is 3.